The highest BCUT2D eigenvalue weighted by molar-refractivity contribution is 4.81. The number of rotatable bonds is 3. The molecule has 0 aromatic rings. The van der Waals surface area contributed by atoms with E-state index < -0.39 is 6.43 Å². The summed E-state index contributed by atoms with van der Waals surface area (Å²) in [5, 5.41) is 2.98. The Morgan fingerprint density at radius 2 is 1.81 bits per heavy atom. The highest BCUT2D eigenvalue weighted by Gasteiger charge is 2.27. The molecule has 1 aliphatic rings. The second-order valence-electron chi connectivity index (χ2n) is 6.07. The third-order valence-electron chi connectivity index (χ3n) is 3.75. The quantitative estimate of drug-likeness (QED) is 0.730. The Balaban J connectivity index is 2.35. The van der Waals surface area contributed by atoms with Gasteiger partial charge in [-0.2, -0.15) is 0 Å². The smallest absolute Gasteiger partial charge is 0.250 e. The van der Waals surface area contributed by atoms with Gasteiger partial charge < -0.3 is 5.32 Å². The van der Waals surface area contributed by atoms with Gasteiger partial charge in [0, 0.05) is 6.04 Å². The lowest BCUT2D eigenvalue weighted by molar-refractivity contribution is 0.139. The minimum atomic E-state index is -2.22. The van der Waals surface area contributed by atoms with Crippen LogP contribution in [-0.4, -0.2) is 19.0 Å². The van der Waals surface area contributed by atoms with Crippen LogP contribution < -0.4 is 5.32 Å². The molecule has 2 atom stereocenters. The van der Waals surface area contributed by atoms with Gasteiger partial charge >= 0.3 is 0 Å². The van der Waals surface area contributed by atoms with E-state index in [1.165, 1.54) is 19.3 Å². The largest absolute Gasteiger partial charge is 0.309 e. The van der Waals surface area contributed by atoms with Crippen LogP contribution in [-0.2, 0) is 0 Å². The topological polar surface area (TPSA) is 12.0 Å². The summed E-state index contributed by atoms with van der Waals surface area (Å²) in [6, 6.07) is 0.307. The molecule has 2 unspecified atom stereocenters. The van der Waals surface area contributed by atoms with Gasteiger partial charge in [-0.05, 0) is 37.0 Å². The van der Waals surface area contributed by atoms with Gasteiger partial charge in [-0.25, -0.2) is 8.78 Å². The van der Waals surface area contributed by atoms with Gasteiger partial charge in [0.15, 0.2) is 0 Å². The fraction of sp³-hybridized carbons (Fsp3) is 1.00. The zero-order chi connectivity index (χ0) is 12.2. The van der Waals surface area contributed by atoms with Crippen LogP contribution in [0.1, 0.15) is 52.9 Å². The van der Waals surface area contributed by atoms with Gasteiger partial charge in [0.2, 0.25) is 0 Å². The lowest BCUT2D eigenvalue weighted by Gasteiger charge is -2.29. The zero-order valence-electron chi connectivity index (χ0n) is 10.7. The fourth-order valence-corrected chi connectivity index (χ4v) is 2.63. The van der Waals surface area contributed by atoms with Crippen molar-refractivity contribution in [3.63, 3.8) is 0 Å². The summed E-state index contributed by atoms with van der Waals surface area (Å²) >= 11 is 0. The van der Waals surface area contributed by atoms with Crippen LogP contribution in [0.2, 0.25) is 0 Å². The van der Waals surface area contributed by atoms with Gasteiger partial charge in [-0.3, -0.25) is 0 Å². The maximum atomic E-state index is 12.1. The van der Waals surface area contributed by atoms with Crippen molar-refractivity contribution in [3.05, 3.63) is 0 Å². The molecule has 1 saturated carbocycles. The van der Waals surface area contributed by atoms with Gasteiger partial charge in [0.05, 0.1) is 6.54 Å². The van der Waals surface area contributed by atoms with Gasteiger partial charge in [-0.15, -0.1) is 0 Å². The molecule has 0 heterocycles. The third-order valence-corrected chi connectivity index (χ3v) is 3.75. The molecule has 0 aromatic heterocycles. The Morgan fingerprint density at radius 1 is 1.12 bits per heavy atom. The van der Waals surface area contributed by atoms with Crippen LogP contribution in [0.5, 0.6) is 0 Å². The van der Waals surface area contributed by atoms with E-state index in [2.05, 4.69) is 26.1 Å². The standard InChI is InChI=1S/C13H25F2N/c1-13(2,3)10-5-4-6-11(8-7-10)16-9-12(14)15/h10-12,16H,4-9H2,1-3H3. The summed E-state index contributed by atoms with van der Waals surface area (Å²) < 4.78 is 24.2. The van der Waals surface area contributed by atoms with E-state index in [9.17, 15) is 8.78 Å². The molecule has 1 rings (SSSR count). The zero-order valence-corrected chi connectivity index (χ0v) is 10.7. The molecule has 1 nitrogen and oxygen atoms in total. The Morgan fingerprint density at radius 3 is 2.38 bits per heavy atom. The second kappa shape index (κ2) is 5.95. The van der Waals surface area contributed by atoms with Crippen molar-refractivity contribution in [2.24, 2.45) is 11.3 Å². The molecular weight excluding hydrogens is 208 g/mol. The first kappa shape index (κ1) is 13.9. The number of hydrogen-bond acceptors (Lipinski definition) is 1. The fourth-order valence-electron chi connectivity index (χ4n) is 2.63. The Bertz CT molecular complexity index is 199. The number of nitrogens with one attached hydrogen (secondary N) is 1. The van der Waals surface area contributed by atoms with Gasteiger partial charge in [0.25, 0.3) is 6.43 Å². The molecule has 0 bridgehead atoms. The molecule has 16 heavy (non-hydrogen) atoms. The molecule has 1 aliphatic carbocycles. The SMILES string of the molecule is CC(C)(C)C1CCCC(NCC(F)F)CC1. The lowest BCUT2D eigenvalue weighted by Crippen LogP contribution is -2.32. The van der Waals surface area contributed by atoms with E-state index in [4.69, 9.17) is 0 Å². The monoisotopic (exact) mass is 233 g/mol. The van der Waals surface area contributed by atoms with E-state index in [0.29, 0.717) is 11.5 Å². The van der Waals surface area contributed by atoms with Crippen LogP contribution in [0.15, 0.2) is 0 Å². The van der Waals surface area contributed by atoms with E-state index >= 15 is 0 Å². The summed E-state index contributed by atoms with van der Waals surface area (Å²) in [5.41, 5.74) is 0.359. The average Bonchev–Trinajstić information content (AvgIpc) is 2.38. The van der Waals surface area contributed by atoms with Crippen LogP contribution in [0, 0.1) is 11.3 Å². The maximum Gasteiger partial charge on any atom is 0.250 e. The lowest BCUT2D eigenvalue weighted by atomic mass is 9.76. The van der Waals surface area contributed by atoms with Crippen LogP contribution in [0.25, 0.3) is 0 Å². The Hall–Kier alpha value is -0.180. The second-order valence-corrected chi connectivity index (χ2v) is 6.07. The van der Waals surface area contributed by atoms with E-state index in [-0.39, 0.29) is 6.54 Å². The molecule has 0 radical (unpaired) electrons. The van der Waals surface area contributed by atoms with Gasteiger partial charge in [0.1, 0.15) is 0 Å². The van der Waals surface area contributed by atoms with E-state index in [1.807, 2.05) is 0 Å². The van der Waals surface area contributed by atoms with Crippen molar-refractivity contribution in [1.29, 1.82) is 0 Å². The number of alkyl halides is 2. The number of halogens is 2. The van der Waals surface area contributed by atoms with Crippen molar-refractivity contribution in [2.75, 3.05) is 6.54 Å². The molecule has 0 aliphatic heterocycles. The van der Waals surface area contributed by atoms with Crippen molar-refractivity contribution in [3.8, 4) is 0 Å². The summed E-state index contributed by atoms with van der Waals surface area (Å²) in [5.74, 6) is 0.742. The van der Waals surface area contributed by atoms with E-state index in [0.717, 1.165) is 18.8 Å². The highest BCUT2D eigenvalue weighted by atomic mass is 19.3. The Kier molecular flexibility index (Phi) is 5.16. The highest BCUT2D eigenvalue weighted by Crippen LogP contribution is 2.36. The normalized spacial score (nSPS) is 28.1. The summed E-state index contributed by atoms with van der Waals surface area (Å²) in [4.78, 5) is 0. The summed E-state index contributed by atoms with van der Waals surface area (Å²) in [7, 11) is 0. The molecule has 1 N–H and O–H groups in total. The molecule has 0 aromatic carbocycles. The Labute approximate surface area is 98.0 Å². The molecule has 0 spiro atoms. The minimum Gasteiger partial charge on any atom is -0.309 e. The molecule has 0 amide bonds. The third kappa shape index (κ3) is 4.77. The van der Waals surface area contributed by atoms with Crippen molar-refractivity contribution in [2.45, 2.75) is 65.3 Å². The van der Waals surface area contributed by atoms with Gasteiger partial charge in [-0.1, -0.05) is 27.2 Å². The number of hydrogen-bond donors (Lipinski definition) is 1. The predicted octanol–water partition coefficient (Wildman–Crippen LogP) is 3.84. The molecule has 96 valence electrons. The first-order chi connectivity index (χ1) is 7.39. The van der Waals surface area contributed by atoms with Crippen molar-refractivity contribution in [1.82, 2.24) is 5.32 Å². The van der Waals surface area contributed by atoms with Crippen molar-refractivity contribution >= 4 is 0 Å². The first-order valence-corrected chi connectivity index (χ1v) is 6.41. The summed E-state index contributed by atoms with van der Waals surface area (Å²) in [6.45, 7) is 6.70. The molecular formula is C13H25F2N. The molecule has 0 saturated heterocycles. The average molecular weight is 233 g/mol. The minimum absolute atomic E-state index is 0.148. The van der Waals surface area contributed by atoms with Crippen molar-refractivity contribution < 1.29 is 8.78 Å². The predicted molar refractivity (Wildman–Crippen MR) is 63.8 cm³/mol. The summed E-state index contributed by atoms with van der Waals surface area (Å²) in [6.07, 6.45) is 3.47. The van der Waals surface area contributed by atoms with Crippen LogP contribution in [0.4, 0.5) is 8.78 Å². The first-order valence-electron chi connectivity index (χ1n) is 6.41. The van der Waals surface area contributed by atoms with Crippen LogP contribution >= 0.6 is 0 Å². The van der Waals surface area contributed by atoms with E-state index in [1.54, 1.807) is 0 Å². The molecule has 1 fully saturated rings. The van der Waals surface area contributed by atoms with Crippen LogP contribution in [0.3, 0.4) is 0 Å². The maximum absolute atomic E-state index is 12.1. The molecule has 3 heteroatoms.